The molecule has 2 aliphatic rings. The summed E-state index contributed by atoms with van der Waals surface area (Å²) < 4.78 is 38.2. The number of nitrogen functional groups attached to an aromatic ring is 1. The molecular formula is C23H29FN4O4S. The van der Waals surface area contributed by atoms with E-state index < -0.39 is 21.8 Å². The maximum atomic E-state index is 13.9. The van der Waals surface area contributed by atoms with E-state index in [0.29, 0.717) is 62.6 Å². The number of nitrogens with zero attached hydrogens (tertiary/aromatic N) is 3. The molecule has 1 unspecified atom stereocenters. The van der Waals surface area contributed by atoms with Gasteiger partial charge in [0, 0.05) is 56.9 Å². The lowest BCUT2D eigenvalue weighted by Crippen LogP contribution is -2.49. The molecule has 4 rings (SSSR count). The number of sulfone groups is 1. The number of aliphatic hydroxyl groups is 1. The van der Waals surface area contributed by atoms with Crippen molar-refractivity contribution in [2.45, 2.75) is 23.8 Å². The molecule has 2 aliphatic heterocycles. The molecule has 2 aromatic rings. The van der Waals surface area contributed by atoms with Crippen LogP contribution < -0.4 is 15.5 Å². The molecule has 0 saturated carbocycles. The largest absolute Gasteiger partial charge is 0.396 e. The number of aliphatic hydroxyl groups excluding tert-OH is 1. The van der Waals surface area contributed by atoms with Crippen LogP contribution in [0.25, 0.3) is 0 Å². The predicted octanol–water partition coefficient (Wildman–Crippen LogP) is 1.73. The van der Waals surface area contributed by atoms with E-state index in [-0.39, 0.29) is 16.5 Å². The molecule has 0 aliphatic carbocycles. The number of nitrogens with two attached hydrogens (primary N) is 1. The summed E-state index contributed by atoms with van der Waals surface area (Å²) in [5.41, 5.74) is 7.31. The third-order valence-corrected chi connectivity index (χ3v) is 7.39. The van der Waals surface area contributed by atoms with Crippen molar-refractivity contribution >= 4 is 32.8 Å². The van der Waals surface area contributed by atoms with E-state index in [1.165, 1.54) is 24.3 Å². The summed E-state index contributed by atoms with van der Waals surface area (Å²) in [6.07, 6.45) is 2.12. The zero-order chi connectivity index (χ0) is 23.8. The van der Waals surface area contributed by atoms with Crippen molar-refractivity contribution in [2.24, 2.45) is 0 Å². The Bertz CT molecular complexity index is 1150. The maximum Gasteiger partial charge on any atom is 0.256 e. The number of piperidine rings is 1. The number of halogens is 1. The van der Waals surface area contributed by atoms with Crippen LogP contribution in [0, 0.1) is 5.82 Å². The predicted molar refractivity (Wildman–Crippen MR) is 126 cm³/mol. The van der Waals surface area contributed by atoms with E-state index in [2.05, 4.69) is 0 Å². The molecule has 0 spiro atoms. The molecule has 0 aromatic heterocycles. The highest BCUT2D eigenvalue weighted by molar-refractivity contribution is 7.90. The highest BCUT2D eigenvalue weighted by Gasteiger charge is 2.28. The van der Waals surface area contributed by atoms with Gasteiger partial charge in [-0.1, -0.05) is 0 Å². The van der Waals surface area contributed by atoms with Crippen LogP contribution in [-0.4, -0.2) is 76.0 Å². The molecule has 2 saturated heterocycles. The fourth-order valence-electron chi connectivity index (χ4n) is 4.42. The van der Waals surface area contributed by atoms with Crippen LogP contribution in [0.5, 0.6) is 0 Å². The number of piperazine rings is 1. The number of hydrogen-bond donors (Lipinski definition) is 2. The summed E-state index contributed by atoms with van der Waals surface area (Å²) >= 11 is 0. The molecule has 1 amide bonds. The Morgan fingerprint density at radius 2 is 1.79 bits per heavy atom. The van der Waals surface area contributed by atoms with Crippen LogP contribution in [0.1, 0.15) is 23.2 Å². The molecule has 8 nitrogen and oxygen atoms in total. The number of hydrogen-bond acceptors (Lipinski definition) is 7. The van der Waals surface area contributed by atoms with Gasteiger partial charge in [0.1, 0.15) is 5.82 Å². The molecule has 1 atom stereocenters. The second kappa shape index (κ2) is 9.18. The van der Waals surface area contributed by atoms with Crippen molar-refractivity contribution in [3.05, 3.63) is 47.8 Å². The summed E-state index contributed by atoms with van der Waals surface area (Å²) in [4.78, 5) is 19.2. The third-order valence-electron chi connectivity index (χ3n) is 6.28. The highest BCUT2D eigenvalue weighted by atomic mass is 32.2. The van der Waals surface area contributed by atoms with Crippen molar-refractivity contribution in [1.29, 1.82) is 0 Å². The van der Waals surface area contributed by atoms with Gasteiger partial charge in [0.05, 0.1) is 22.3 Å². The summed E-state index contributed by atoms with van der Waals surface area (Å²) in [5, 5.41) is 10.1. The minimum absolute atomic E-state index is 0.0862. The van der Waals surface area contributed by atoms with E-state index in [1.54, 1.807) is 17.0 Å². The molecule has 0 bridgehead atoms. The van der Waals surface area contributed by atoms with Gasteiger partial charge in [-0.25, -0.2) is 12.8 Å². The first-order chi connectivity index (χ1) is 15.6. The topological polar surface area (TPSA) is 107 Å². The lowest BCUT2D eigenvalue weighted by molar-refractivity contribution is 0.0746. The van der Waals surface area contributed by atoms with Crippen molar-refractivity contribution in [2.75, 3.05) is 61.1 Å². The minimum atomic E-state index is -3.49. The molecular weight excluding hydrogens is 447 g/mol. The molecule has 178 valence electrons. The Balaban J connectivity index is 1.57. The summed E-state index contributed by atoms with van der Waals surface area (Å²) in [6, 6.07) is 9.28. The number of rotatable bonds is 4. The SMILES string of the molecule is CS(=O)(=O)c1ccc(N2CCCC(O)C2)c(C(=O)N2CCN(c3ccc(N)c(F)c3)CC2)c1. The van der Waals surface area contributed by atoms with Crippen LogP contribution in [0.3, 0.4) is 0 Å². The van der Waals surface area contributed by atoms with Gasteiger partial charge in [-0.2, -0.15) is 0 Å². The standard InChI is InChI=1S/C23H29FN4O4S/c1-33(31,32)18-5-7-22(28-8-2-3-17(29)15-28)19(14-18)23(30)27-11-9-26(10-12-27)16-4-6-21(25)20(24)13-16/h4-7,13-14,17,29H,2-3,8-12,15,25H2,1H3. The summed E-state index contributed by atoms with van der Waals surface area (Å²) in [5.74, 6) is -0.726. The first kappa shape index (κ1) is 23.3. The van der Waals surface area contributed by atoms with Gasteiger partial charge in [0.15, 0.2) is 9.84 Å². The molecule has 2 fully saturated rings. The minimum Gasteiger partial charge on any atom is -0.396 e. The van der Waals surface area contributed by atoms with Crippen molar-refractivity contribution in [1.82, 2.24) is 4.90 Å². The smallest absolute Gasteiger partial charge is 0.256 e. The van der Waals surface area contributed by atoms with E-state index in [9.17, 15) is 22.7 Å². The van der Waals surface area contributed by atoms with Gasteiger partial charge in [-0.15, -0.1) is 0 Å². The van der Waals surface area contributed by atoms with E-state index in [4.69, 9.17) is 5.73 Å². The summed E-state index contributed by atoms with van der Waals surface area (Å²) in [7, 11) is -3.49. The number of carbonyl (C=O) groups is 1. The number of amides is 1. The number of anilines is 3. The zero-order valence-electron chi connectivity index (χ0n) is 18.6. The average molecular weight is 477 g/mol. The monoisotopic (exact) mass is 476 g/mol. The lowest BCUT2D eigenvalue weighted by atomic mass is 10.0. The Labute approximate surface area is 193 Å². The molecule has 2 aromatic carbocycles. The molecule has 10 heteroatoms. The number of β-amino-alcohol motifs (C(OH)–C–C–N with tert-alkyl or cyclic N) is 1. The maximum absolute atomic E-state index is 13.9. The van der Waals surface area contributed by atoms with Gasteiger partial charge in [-0.05, 0) is 49.2 Å². The second-order valence-electron chi connectivity index (χ2n) is 8.68. The first-order valence-electron chi connectivity index (χ1n) is 11.0. The Morgan fingerprint density at radius 1 is 1.06 bits per heavy atom. The van der Waals surface area contributed by atoms with Gasteiger partial charge in [0.25, 0.3) is 5.91 Å². The Morgan fingerprint density at radius 3 is 2.42 bits per heavy atom. The van der Waals surface area contributed by atoms with Crippen LogP contribution in [0.15, 0.2) is 41.3 Å². The van der Waals surface area contributed by atoms with Crippen LogP contribution >= 0.6 is 0 Å². The summed E-state index contributed by atoms with van der Waals surface area (Å²) in [6.45, 7) is 2.93. The van der Waals surface area contributed by atoms with Gasteiger partial charge in [-0.3, -0.25) is 4.79 Å². The Kier molecular flexibility index (Phi) is 6.49. The van der Waals surface area contributed by atoms with Crippen molar-refractivity contribution < 1.29 is 22.7 Å². The number of benzene rings is 2. The third kappa shape index (κ3) is 5.06. The van der Waals surface area contributed by atoms with Crippen LogP contribution in [0.4, 0.5) is 21.5 Å². The van der Waals surface area contributed by atoms with Crippen molar-refractivity contribution in [3.8, 4) is 0 Å². The number of carbonyl (C=O) groups excluding carboxylic acids is 1. The lowest BCUT2D eigenvalue weighted by Gasteiger charge is -2.38. The average Bonchev–Trinajstić information content (AvgIpc) is 2.79. The Hall–Kier alpha value is -2.85. The van der Waals surface area contributed by atoms with E-state index >= 15 is 0 Å². The van der Waals surface area contributed by atoms with Gasteiger partial charge >= 0.3 is 0 Å². The van der Waals surface area contributed by atoms with E-state index in [1.807, 2.05) is 9.80 Å². The first-order valence-corrected chi connectivity index (χ1v) is 12.9. The zero-order valence-corrected chi connectivity index (χ0v) is 19.4. The molecule has 0 radical (unpaired) electrons. The van der Waals surface area contributed by atoms with Crippen LogP contribution in [0.2, 0.25) is 0 Å². The quantitative estimate of drug-likeness (QED) is 0.647. The highest BCUT2D eigenvalue weighted by Crippen LogP contribution is 2.29. The van der Waals surface area contributed by atoms with Gasteiger partial charge < -0.3 is 25.5 Å². The van der Waals surface area contributed by atoms with Crippen molar-refractivity contribution in [3.63, 3.8) is 0 Å². The normalized spacial score (nSPS) is 19.6. The van der Waals surface area contributed by atoms with E-state index in [0.717, 1.165) is 12.7 Å². The van der Waals surface area contributed by atoms with Gasteiger partial charge in [0.2, 0.25) is 0 Å². The fraction of sp³-hybridized carbons (Fsp3) is 0.435. The van der Waals surface area contributed by atoms with Crippen LogP contribution in [-0.2, 0) is 9.84 Å². The molecule has 2 heterocycles. The molecule has 3 N–H and O–H groups in total. The fourth-order valence-corrected chi connectivity index (χ4v) is 5.06. The second-order valence-corrected chi connectivity index (χ2v) is 10.7. The molecule has 33 heavy (non-hydrogen) atoms.